The van der Waals surface area contributed by atoms with Gasteiger partial charge in [-0.3, -0.25) is 37.6 Å². The van der Waals surface area contributed by atoms with Gasteiger partial charge in [0.1, 0.15) is 12.1 Å². The lowest BCUT2D eigenvalue weighted by atomic mass is 9.85. The zero-order valence-corrected chi connectivity index (χ0v) is 45.3. The number of aromatic nitrogens is 3. The van der Waals surface area contributed by atoms with Gasteiger partial charge in [0.15, 0.2) is 5.13 Å². The van der Waals surface area contributed by atoms with Crippen molar-refractivity contribution >= 4 is 73.3 Å². The summed E-state index contributed by atoms with van der Waals surface area (Å²) in [6.07, 6.45) is 3.74. The molecular weight excluding hydrogens is 1030 g/mol. The lowest BCUT2D eigenvalue weighted by Gasteiger charge is -2.36. The van der Waals surface area contributed by atoms with Crippen molar-refractivity contribution in [3.63, 3.8) is 0 Å². The molecule has 0 radical (unpaired) electrons. The summed E-state index contributed by atoms with van der Waals surface area (Å²) in [7, 11) is -3.55. The number of hydrogen-bond donors (Lipinski definition) is 6. The Labute approximate surface area is 449 Å². The van der Waals surface area contributed by atoms with E-state index in [1.165, 1.54) is 34.7 Å². The number of amides is 6. The molecule has 6 amide bonds. The van der Waals surface area contributed by atoms with Gasteiger partial charge in [0, 0.05) is 55.3 Å². The van der Waals surface area contributed by atoms with Gasteiger partial charge in [-0.2, -0.15) is 0 Å². The predicted molar refractivity (Wildman–Crippen MR) is 291 cm³/mol. The molecule has 6 aromatic rings. The third-order valence-electron chi connectivity index (χ3n) is 13.4. The minimum atomic E-state index is -3.55. The number of piperidine rings is 1. The molecule has 3 aromatic carbocycles. The number of aliphatic hydroxyl groups excluding tert-OH is 1. The van der Waals surface area contributed by atoms with Crippen molar-refractivity contribution in [2.24, 2.45) is 11.3 Å². The molecule has 19 nitrogen and oxygen atoms in total. The molecule has 0 saturated carbocycles. The van der Waals surface area contributed by atoms with Crippen molar-refractivity contribution in [1.82, 2.24) is 45.0 Å². The minimum Gasteiger partial charge on any atom is -0.391 e. The van der Waals surface area contributed by atoms with Crippen LogP contribution in [0.2, 0.25) is 0 Å². The molecule has 8 rings (SSSR count). The third kappa shape index (κ3) is 14.0. The first-order valence-electron chi connectivity index (χ1n) is 24.9. The average Bonchev–Trinajstić information content (AvgIpc) is 4.25. The quantitative estimate of drug-likeness (QED) is 0.0664. The highest BCUT2D eigenvalue weighted by Gasteiger charge is 2.44. The van der Waals surface area contributed by atoms with Crippen molar-refractivity contribution in [3.05, 3.63) is 125 Å². The SMILES string of the molecule is Cc1ncsc1-c1ccc(CNC(=O)[C@@H]2C[C@@H](O)CN2C(=O)[C@@H](NC(=O)CN2CCC(C(=O)NCc3cccc(-c4cccc(-c5csc(NC(=O)CNC(=O)c6ccn(S(C)(=O)=O)c6)n5)c4)c3)CC2)C(C)(C)C)cc1. The topological polar surface area (TPSA) is 254 Å². The molecule has 5 heterocycles. The summed E-state index contributed by atoms with van der Waals surface area (Å²) in [6.45, 7) is 8.76. The average molecular weight is 1090 g/mol. The Morgan fingerprint density at radius 3 is 2.18 bits per heavy atom. The Bertz CT molecular complexity index is 3210. The van der Waals surface area contributed by atoms with E-state index in [1.54, 1.807) is 11.3 Å². The number of rotatable bonds is 18. The van der Waals surface area contributed by atoms with E-state index in [2.05, 4.69) is 36.6 Å². The number of carbonyl (C=O) groups excluding carboxylic acids is 6. The molecule has 3 atom stereocenters. The van der Waals surface area contributed by atoms with Crippen LogP contribution < -0.4 is 26.6 Å². The first-order valence-corrected chi connectivity index (χ1v) is 28.5. The van der Waals surface area contributed by atoms with Crippen LogP contribution in [0.15, 0.2) is 102 Å². The smallest absolute Gasteiger partial charge is 0.253 e. The molecule has 2 saturated heterocycles. The molecule has 2 aliphatic heterocycles. The number of anilines is 1. The van der Waals surface area contributed by atoms with E-state index in [9.17, 15) is 42.3 Å². The third-order valence-corrected chi connectivity index (χ3v) is 16.1. The zero-order chi connectivity index (χ0) is 54.3. The number of thiazole rings is 2. The summed E-state index contributed by atoms with van der Waals surface area (Å²) >= 11 is 2.79. The fourth-order valence-electron chi connectivity index (χ4n) is 9.20. The normalized spacial score (nSPS) is 16.7. The lowest BCUT2D eigenvalue weighted by Crippen LogP contribution is -2.59. The first-order chi connectivity index (χ1) is 36.2. The van der Waals surface area contributed by atoms with Crippen LogP contribution in [-0.4, -0.2) is 130 Å². The molecule has 0 bridgehead atoms. The largest absolute Gasteiger partial charge is 0.391 e. The van der Waals surface area contributed by atoms with Crippen LogP contribution >= 0.6 is 22.7 Å². The highest BCUT2D eigenvalue weighted by atomic mass is 32.2. The molecule has 22 heteroatoms. The molecule has 2 aliphatic rings. The maximum Gasteiger partial charge on any atom is 0.253 e. The Kier molecular flexibility index (Phi) is 17.3. The van der Waals surface area contributed by atoms with Crippen LogP contribution in [0, 0.1) is 18.3 Å². The Hall–Kier alpha value is -7.11. The van der Waals surface area contributed by atoms with Gasteiger partial charge in [-0.05, 0) is 84.3 Å². The van der Waals surface area contributed by atoms with E-state index >= 15 is 0 Å². The molecule has 0 aliphatic carbocycles. The number of aliphatic hydroxyl groups is 1. The Morgan fingerprint density at radius 1 is 0.816 bits per heavy atom. The molecule has 400 valence electrons. The van der Waals surface area contributed by atoms with Gasteiger partial charge in [-0.1, -0.05) is 81.4 Å². The summed E-state index contributed by atoms with van der Waals surface area (Å²) in [5.74, 6) is -2.56. The molecule has 0 spiro atoms. The van der Waals surface area contributed by atoms with Gasteiger partial charge < -0.3 is 36.6 Å². The van der Waals surface area contributed by atoms with E-state index in [0.717, 1.165) is 54.2 Å². The van der Waals surface area contributed by atoms with Crippen LogP contribution in [0.3, 0.4) is 0 Å². The van der Waals surface area contributed by atoms with E-state index in [4.69, 9.17) is 0 Å². The second-order valence-electron chi connectivity index (χ2n) is 20.3. The molecule has 0 unspecified atom stereocenters. The van der Waals surface area contributed by atoms with Gasteiger partial charge in [0.2, 0.25) is 39.6 Å². The number of likely N-dealkylation sites (tertiary alicyclic amines) is 2. The second-order valence-corrected chi connectivity index (χ2v) is 23.9. The molecule has 6 N–H and O–H groups in total. The van der Waals surface area contributed by atoms with Crippen LogP contribution in [0.25, 0.3) is 32.8 Å². The summed E-state index contributed by atoms with van der Waals surface area (Å²) in [4.78, 5) is 93.2. The van der Waals surface area contributed by atoms with Gasteiger partial charge in [0.25, 0.3) is 5.91 Å². The van der Waals surface area contributed by atoms with Crippen molar-refractivity contribution in [1.29, 1.82) is 0 Å². The summed E-state index contributed by atoms with van der Waals surface area (Å²) in [6, 6.07) is 23.0. The number of nitrogens with one attached hydrogen (secondary N) is 5. The monoisotopic (exact) mass is 1090 g/mol. The molecule has 76 heavy (non-hydrogen) atoms. The van der Waals surface area contributed by atoms with Gasteiger partial charge in [0.05, 0.1) is 52.8 Å². The lowest BCUT2D eigenvalue weighted by molar-refractivity contribution is -0.144. The van der Waals surface area contributed by atoms with Crippen molar-refractivity contribution in [2.45, 2.75) is 78.2 Å². The Morgan fingerprint density at radius 2 is 1.50 bits per heavy atom. The zero-order valence-electron chi connectivity index (χ0n) is 42.9. The van der Waals surface area contributed by atoms with Gasteiger partial charge in [-0.15, -0.1) is 22.7 Å². The van der Waals surface area contributed by atoms with E-state index in [0.29, 0.717) is 43.3 Å². The van der Waals surface area contributed by atoms with Crippen LogP contribution in [0.4, 0.5) is 5.13 Å². The molecular formula is C54H62N10O9S3. The number of β-amino-alcohol motifs (C(OH)–C–C–N with tert-alkyl or cyclic N) is 1. The van der Waals surface area contributed by atoms with Crippen LogP contribution in [0.1, 0.15) is 67.2 Å². The maximum absolute atomic E-state index is 14.2. The summed E-state index contributed by atoms with van der Waals surface area (Å²) in [5, 5.41) is 27.0. The molecule has 2 fully saturated rings. The summed E-state index contributed by atoms with van der Waals surface area (Å²) < 4.78 is 24.3. The second kappa shape index (κ2) is 23.8. The predicted octanol–water partition coefficient (Wildman–Crippen LogP) is 5.02. The maximum atomic E-state index is 14.2. The Balaban J connectivity index is 0.776. The fourth-order valence-corrected chi connectivity index (χ4v) is 11.3. The standard InChI is InChI=1S/C54H62N10O9S3/c1-33-47(75-32-58-33)36-14-12-34(13-15-36)25-56-51(70)44-24-42(65)29-64(44)52(71)48(54(2,3)4)60-46(67)30-62-19-16-37(17-20-62)49(68)55-26-35-8-6-9-38(22-35)39-10-7-11-40(23-39)43-31-74-53(59-43)61-45(66)27-57-50(69)41-18-21-63(28-41)76(5,72)73/h6-15,18,21-23,28,31-32,37,42,44,48,65H,16-17,19-20,24-27,29-30H2,1-5H3,(H,55,68)(H,56,70)(H,57,69)(H,60,67)(H,59,61,66)/t42-,44+,48-/m1/s1. The van der Waals surface area contributed by atoms with Crippen molar-refractivity contribution in [3.8, 4) is 32.8 Å². The number of aryl methyl sites for hydroxylation is 1. The molecule has 3 aromatic heterocycles. The van der Waals surface area contributed by atoms with Crippen LogP contribution in [-0.2, 0) is 47.1 Å². The number of carbonyl (C=O) groups is 6. The first kappa shape index (κ1) is 55.1. The fraction of sp³-hybridized carbons (Fsp3) is 0.370. The van der Waals surface area contributed by atoms with E-state index in [-0.39, 0.29) is 61.8 Å². The van der Waals surface area contributed by atoms with Gasteiger partial charge >= 0.3 is 0 Å². The number of benzene rings is 3. The minimum absolute atomic E-state index is 0.0250. The highest BCUT2D eigenvalue weighted by Crippen LogP contribution is 2.31. The van der Waals surface area contributed by atoms with E-state index in [1.807, 2.05) is 116 Å². The number of hydrogen-bond acceptors (Lipinski definition) is 14. The number of nitrogens with zero attached hydrogens (tertiary/aromatic N) is 5. The summed E-state index contributed by atoms with van der Waals surface area (Å²) in [5.41, 5.74) is 8.29. The van der Waals surface area contributed by atoms with Gasteiger partial charge in [-0.25, -0.2) is 18.4 Å². The van der Waals surface area contributed by atoms with Crippen molar-refractivity contribution in [2.75, 3.05) is 44.3 Å². The highest BCUT2D eigenvalue weighted by molar-refractivity contribution is 7.89. The van der Waals surface area contributed by atoms with Crippen LogP contribution in [0.5, 0.6) is 0 Å². The van der Waals surface area contributed by atoms with Crippen molar-refractivity contribution < 1.29 is 42.3 Å². The van der Waals surface area contributed by atoms with E-state index < -0.39 is 51.3 Å².